The van der Waals surface area contributed by atoms with Crippen LogP contribution in [0, 0.1) is 6.92 Å². The van der Waals surface area contributed by atoms with Crippen molar-refractivity contribution in [3.63, 3.8) is 0 Å². The van der Waals surface area contributed by atoms with Gasteiger partial charge in [-0.05, 0) is 59.6 Å². The number of aliphatic imine (C=N–C) groups is 1. The van der Waals surface area contributed by atoms with Crippen molar-refractivity contribution >= 4 is 11.9 Å². The van der Waals surface area contributed by atoms with Crippen LogP contribution in [0.4, 0.5) is 0 Å². The molecule has 0 saturated heterocycles. The topological polar surface area (TPSA) is 64.4 Å². The zero-order valence-electron chi connectivity index (χ0n) is 18.2. The van der Waals surface area contributed by atoms with Crippen LogP contribution in [-0.2, 0) is 9.47 Å². The first-order valence-corrected chi connectivity index (χ1v) is 10.5. The van der Waals surface area contributed by atoms with Crippen LogP contribution in [0.5, 0.6) is 0 Å². The molecule has 0 aliphatic carbocycles. The number of nitrogens with zero attached hydrogens (tertiary/aromatic N) is 1. The summed E-state index contributed by atoms with van der Waals surface area (Å²) in [6, 6.07) is 7.79. The maximum atomic E-state index is 12.5. The van der Waals surface area contributed by atoms with Crippen LogP contribution >= 0.6 is 0 Å². The largest absolute Gasteiger partial charge is 0.463 e. The lowest BCUT2D eigenvalue weighted by Gasteiger charge is -2.17. The van der Waals surface area contributed by atoms with Crippen LogP contribution in [0.2, 0.25) is 0 Å². The molecule has 0 aromatic heterocycles. The fourth-order valence-corrected chi connectivity index (χ4v) is 2.84. The van der Waals surface area contributed by atoms with E-state index in [1.165, 1.54) is 0 Å². The van der Waals surface area contributed by atoms with Crippen molar-refractivity contribution < 1.29 is 19.2 Å². The molecule has 6 nitrogen and oxygen atoms in total. The van der Waals surface area contributed by atoms with Crippen LogP contribution in [0.25, 0.3) is 0 Å². The van der Waals surface area contributed by atoms with Gasteiger partial charge in [-0.1, -0.05) is 17.7 Å². The van der Waals surface area contributed by atoms with Crippen molar-refractivity contribution in [2.75, 3.05) is 39.5 Å². The van der Waals surface area contributed by atoms with E-state index in [0.29, 0.717) is 25.4 Å². The van der Waals surface area contributed by atoms with Gasteiger partial charge >= 0.3 is 0 Å². The maximum Gasteiger partial charge on any atom is 0.292 e. The number of hydrogen-bond acceptors (Lipinski definition) is 4. The van der Waals surface area contributed by atoms with E-state index in [9.17, 15) is 4.79 Å². The molecule has 0 aliphatic heterocycles. The van der Waals surface area contributed by atoms with Gasteiger partial charge in [-0.2, -0.15) is 0 Å². The summed E-state index contributed by atoms with van der Waals surface area (Å²) < 4.78 is 11.0. The lowest BCUT2D eigenvalue weighted by Crippen LogP contribution is -3.11. The van der Waals surface area contributed by atoms with E-state index in [4.69, 9.17) is 9.47 Å². The van der Waals surface area contributed by atoms with Gasteiger partial charge in [0, 0.05) is 12.2 Å². The number of amides is 1. The number of amidine groups is 1. The highest BCUT2D eigenvalue weighted by Gasteiger charge is 2.12. The number of quaternary nitrogens is 1. The minimum Gasteiger partial charge on any atom is -0.463 e. The molecule has 2 N–H and O–H groups in total. The van der Waals surface area contributed by atoms with Gasteiger partial charge in [0.2, 0.25) is 0 Å². The number of aryl methyl sites for hydroxylation is 1. The Kier molecular flexibility index (Phi) is 12.2. The highest BCUT2D eigenvalue weighted by molar-refractivity contribution is 6.04. The minimum atomic E-state index is -0.213. The summed E-state index contributed by atoms with van der Waals surface area (Å²) in [7, 11) is 0. The molecule has 1 rings (SSSR count). The SMILES string of the molecule is CCOCCOC(=N[C@H](C)CCC[NH+](CC)CC)NC(=O)c1ccc(C)cc1. The average molecular weight is 393 g/mol. The van der Waals surface area contributed by atoms with Gasteiger partial charge in [0.1, 0.15) is 6.61 Å². The van der Waals surface area contributed by atoms with Gasteiger partial charge in [0.25, 0.3) is 11.9 Å². The molecule has 0 fully saturated rings. The molecule has 0 aliphatic rings. The van der Waals surface area contributed by atoms with Crippen molar-refractivity contribution in [3.8, 4) is 0 Å². The average Bonchev–Trinajstić information content (AvgIpc) is 2.69. The minimum absolute atomic E-state index is 0.0790. The van der Waals surface area contributed by atoms with E-state index in [1.54, 1.807) is 17.0 Å². The monoisotopic (exact) mass is 392 g/mol. The fraction of sp³-hybridized carbons (Fsp3) is 0.636. The first kappa shape index (κ1) is 24.1. The fourth-order valence-electron chi connectivity index (χ4n) is 2.84. The third-order valence-corrected chi connectivity index (χ3v) is 4.69. The summed E-state index contributed by atoms with van der Waals surface area (Å²) in [5.74, 6) is -0.213. The highest BCUT2D eigenvalue weighted by atomic mass is 16.5. The van der Waals surface area contributed by atoms with Crippen LogP contribution in [0.1, 0.15) is 56.5 Å². The molecular weight excluding hydrogens is 354 g/mol. The normalized spacial score (nSPS) is 12.9. The molecule has 1 amide bonds. The Morgan fingerprint density at radius 1 is 1.14 bits per heavy atom. The summed E-state index contributed by atoms with van der Waals surface area (Å²) in [5, 5.41) is 2.81. The van der Waals surface area contributed by atoms with Crippen LogP contribution in [0.15, 0.2) is 29.3 Å². The molecule has 158 valence electrons. The lowest BCUT2D eigenvalue weighted by molar-refractivity contribution is -0.896. The Bertz CT molecular complexity index is 583. The number of carbonyl (C=O) groups excluding carboxylic acids is 1. The zero-order valence-corrected chi connectivity index (χ0v) is 18.2. The van der Waals surface area contributed by atoms with Gasteiger partial charge in [0.05, 0.1) is 32.3 Å². The summed E-state index contributed by atoms with van der Waals surface area (Å²) in [6.07, 6.45) is 2.06. The zero-order chi connectivity index (χ0) is 20.8. The van der Waals surface area contributed by atoms with Gasteiger partial charge < -0.3 is 14.4 Å². The quantitative estimate of drug-likeness (QED) is 0.326. The third-order valence-electron chi connectivity index (χ3n) is 4.69. The third kappa shape index (κ3) is 9.85. The van der Waals surface area contributed by atoms with Crippen LogP contribution in [-0.4, -0.2) is 57.4 Å². The summed E-state index contributed by atoms with van der Waals surface area (Å²) >= 11 is 0. The van der Waals surface area contributed by atoms with Gasteiger partial charge in [-0.3, -0.25) is 10.1 Å². The standard InChI is InChI=1S/C22H37N3O3/c1-6-25(7-2)15-9-10-19(5)23-22(28-17-16-27-8-3)24-21(26)20-13-11-18(4)12-14-20/h11-14,19H,6-10,15-17H2,1-5H3,(H,23,24,26)/p+1/t19-/m1/s1. The predicted molar refractivity (Wildman–Crippen MR) is 114 cm³/mol. The Hall–Kier alpha value is -1.92. The molecule has 0 saturated carbocycles. The number of hydrogen-bond donors (Lipinski definition) is 2. The number of nitrogens with one attached hydrogen (secondary N) is 2. The molecule has 1 atom stereocenters. The van der Waals surface area contributed by atoms with Crippen molar-refractivity contribution in [1.29, 1.82) is 0 Å². The Morgan fingerprint density at radius 3 is 2.43 bits per heavy atom. The van der Waals surface area contributed by atoms with Crippen LogP contribution < -0.4 is 10.2 Å². The number of carbonyl (C=O) groups is 1. The molecule has 1 aromatic rings. The predicted octanol–water partition coefficient (Wildman–Crippen LogP) is 2.23. The summed E-state index contributed by atoms with van der Waals surface area (Å²) in [6.45, 7) is 15.3. The molecule has 6 heteroatoms. The summed E-state index contributed by atoms with van der Waals surface area (Å²) in [5.41, 5.74) is 1.70. The second kappa shape index (κ2) is 14.1. The number of ether oxygens (including phenoxy) is 2. The Balaban J connectivity index is 2.66. The van der Waals surface area contributed by atoms with E-state index in [0.717, 1.165) is 38.0 Å². The summed E-state index contributed by atoms with van der Waals surface area (Å²) in [4.78, 5) is 18.7. The molecule has 1 aromatic carbocycles. The van der Waals surface area contributed by atoms with Crippen molar-refractivity contribution in [1.82, 2.24) is 5.32 Å². The Morgan fingerprint density at radius 2 is 1.82 bits per heavy atom. The molecule has 0 bridgehead atoms. The number of rotatable bonds is 12. The molecule has 28 heavy (non-hydrogen) atoms. The smallest absolute Gasteiger partial charge is 0.292 e. The van der Waals surface area contributed by atoms with E-state index in [1.807, 2.05) is 26.0 Å². The molecule has 0 spiro atoms. The molecule has 0 heterocycles. The second-order valence-electron chi connectivity index (χ2n) is 7.00. The van der Waals surface area contributed by atoms with Crippen molar-refractivity contribution in [2.45, 2.75) is 53.5 Å². The second-order valence-corrected chi connectivity index (χ2v) is 7.00. The highest BCUT2D eigenvalue weighted by Crippen LogP contribution is 2.04. The molecule has 0 radical (unpaired) electrons. The maximum absolute atomic E-state index is 12.5. The van der Waals surface area contributed by atoms with Gasteiger partial charge in [0.15, 0.2) is 0 Å². The van der Waals surface area contributed by atoms with Gasteiger partial charge in [-0.15, -0.1) is 0 Å². The molecule has 0 unspecified atom stereocenters. The first-order chi connectivity index (χ1) is 13.5. The first-order valence-electron chi connectivity index (χ1n) is 10.5. The molecular formula is C22H38N3O3+. The van der Waals surface area contributed by atoms with E-state index in [2.05, 4.69) is 31.1 Å². The van der Waals surface area contributed by atoms with Crippen molar-refractivity contribution in [2.24, 2.45) is 4.99 Å². The van der Waals surface area contributed by atoms with Crippen LogP contribution in [0.3, 0.4) is 0 Å². The number of benzene rings is 1. The Labute approximate surface area is 170 Å². The lowest BCUT2D eigenvalue weighted by atomic mass is 10.1. The van der Waals surface area contributed by atoms with E-state index < -0.39 is 0 Å². The van der Waals surface area contributed by atoms with E-state index >= 15 is 0 Å². The van der Waals surface area contributed by atoms with Crippen molar-refractivity contribution in [3.05, 3.63) is 35.4 Å². The van der Waals surface area contributed by atoms with Gasteiger partial charge in [-0.25, -0.2) is 4.99 Å². The van der Waals surface area contributed by atoms with E-state index in [-0.39, 0.29) is 18.0 Å².